The number of aryl methyl sites for hydroxylation is 1. The molecule has 1 N–H and O–H groups in total. The van der Waals surface area contributed by atoms with Crippen LogP contribution in [0.5, 0.6) is 0 Å². The number of aromatic nitrogens is 4. The number of carbonyl (C=O) groups is 2. The number of aromatic amines is 1. The van der Waals surface area contributed by atoms with Gasteiger partial charge in [0.05, 0.1) is 17.6 Å². The Morgan fingerprint density at radius 3 is 2.64 bits per heavy atom. The van der Waals surface area contributed by atoms with Crippen molar-refractivity contribution in [3.05, 3.63) is 35.9 Å². The number of amides is 2. The molecule has 1 unspecified atom stereocenters. The van der Waals surface area contributed by atoms with Gasteiger partial charge in [0, 0.05) is 50.6 Å². The van der Waals surface area contributed by atoms with Crippen LogP contribution in [0.15, 0.2) is 18.7 Å². The van der Waals surface area contributed by atoms with Gasteiger partial charge in [-0.15, -0.1) is 0 Å². The molecule has 1 spiro atoms. The number of nitrogens with zero attached hydrogens (tertiary/aromatic N) is 5. The summed E-state index contributed by atoms with van der Waals surface area (Å²) in [7, 11) is 0. The smallest absolute Gasteiger partial charge is 0.245 e. The van der Waals surface area contributed by atoms with Crippen molar-refractivity contribution >= 4 is 11.8 Å². The van der Waals surface area contributed by atoms with Crippen LogP contribution in [0.1, 0.15) is 56.4 Å². The Bertz CT molecular complexity index is 877. The summed E-state index contributed by atoms with van der Waals surface area (Å²) < 4.78 is 1.91. The number of carbonyl (C=O) groups excluding carboxylic acids is 2. The van der Waals surface area contributed by atoms with E-state index in [2.05, 4.69) is 15.0 Å². The van der Waals surface area contributed by atoms with Crippen LogP contribution in [0.25, 0.3) is 0 Å². The molecule has 2 aromatic rings. The molecule has 150 valence electrons. The minimum Gasteiger partial charge on any atom is -0.348 e. The molecule has 8 heteroatoms. The van der Waals surface area contributed by atoms with Gasteiger partial charge in [-0.25, -0.2) is 9.97 Å². The lowest BCUT2D eigenvalue weighted by atomic mass is 9.78. The maximum Gasteiger partial charge on any atom is 0.245 e. The normalized spacial score (nSPS) is 19.5. The summed E-state index contributed by atoms with van der Waals surface area (Å²) in [5.41, 5.74) is 1.72. The van der Waals surface area contributed by atoms with E-state index in [1.165, 1.54) is 0 Å². The molecule has 1 atom stereocenters. The van der Waals surface area contributed by atoms with E-state index in [0.717, 1.165) is 36.5 Å². The van der Waals surface area contributed by atoms with Crippen LogP contribution >= 0.6 is 0 Å². The largest absolute Gasteiger partial charge is 0.348 e. The molecule has 28 heavy (non-hydrogen) atoms. The van der Waals surface area contributed by atoms with E-state index < -0.39 is 5.54 Å². The zero-order valence-electron chi connectivity index (χ0n) is 16.8. The number of hydrogen-bond acceptors (Lipinski definition) is 4. The van der Waals surface area contributed by atoms with Crippen molar-refractivity contribution in [2.75, 3.05) is 19.6 Å². The standard InChI is InChI=1S/C20H28N6O2/c1-4-17(27)26-9-5-16-18(23-13-22-16)20(26)6-10-24(11-7-20)19(28)14(2)25-12-8-21-15(25)3/h8,12-14H,4-7,9-11H2,1-3H3,(H,22,23). The SMILES string of the molecule is CCC(=O)N1CCc2[nH]cnc2C12CCN(C(=O)C(C)n1ccnc1C)CC2. The van der Waals surface area contributed by atoms with Gasteiger partial charge in [0.1, 0.15) is 11.9 Å². The van der Waals surface area contributed by atoms with Gasteiger partial charge in [-0.05, 0) is 26.7 Å². The summed E-state index contributed by atoms with van der Waals surface area (Å²) >= 11 is 0. The topological polar surface area (TPSA) is 87.1 Å². The van der Waals surface area contributed by atoms with E-state index in [4.69, 9.17) is 0 Å². The Balaban J connectivity index is 1.55. The summed E-state index contributed by atoms with van der Waals surface area (Å²) in [4.78, 5) is 41.7. The average molecular weight is 384 g/mol. The second-order valence-electron chi connectivity index (χ2n) is 7.79. The van der Waals surface area contributed by atoms with Gasteiger partial charge in [-0.2, -0.15) is 0 Å². The predicted octanol–water partition coefficient (Wildman–Crippen LogP) is 1.79. The van der Waals surface area contributed by atoms with Crippen molar-refractivity contribution in [1.29, 1.82) is 0 Å². The molecule has 4 heterocycles. The third kappa shape index (κ3) is 2.82. The first-order chi connectivity index (χ1) is 13.5. The highest BCUT2D eigenvalue weighted by atomic mass is 16.2. The van der Waals surface area contributed by atoms with Crippen molar-refractivity contribution in [3.8, 4) is 0 Å². The molecule has 0 saturated carbocycles. The Morgan fingerprint density at radius 1 is 1.25 bits per heavy atom. The number of nitrogens with one attached hydrogen (secondary N) is 1. The minimum absolute atomic E-state index is 0.0994. The first-order valence-corrected chi connectivity index (χ1v) is 10.1. The molecular weight excluding hydrogens is 356 g/mol. The fourth-order valence-corrected chi connectivity index (χ4v) is 4.82. The van der Waals surface area contributed by atoms with Gasteiger partial charge in [0.15, 0.2) is 0 Å². The molecule has 2 aromatic heterocycles. The van der Waals surface area contributed by atoms with Crippen molar-refractivity contribution < 1.29 is 9.59 Å². The van der Waals surface area contributed by atoms with Crippen molar-refractivity contribution in [2.45, 2.75) is 58.0 Å². The number of fused-ring (bicyclic) bond motifs is 2. The number of H-pyrrole nitrogens is 1. The van der Waals surface area contributed by atoms with Crippen LogP contribution in [0.4, 0.5) is 0 Å². The highest BCUT2D eigenvalue weighted by Crippen LogP contribution is 2.42. The Kier molecular flexibility index (Phi) is 4.72. The Morgan fingerprint density at radius 2 is 2.00 bits per heavy atom. The summed E-state index contributed by atoms with van der Waals surface area (Å²) in [5.74, 6) is 1.10. The number of rotatable bonds is 3. The molecule has 1 fully saturated rings. The van der Waals surface area contributed by atoms with E-state index in [1.807, 2.05) is 41.3 Å². The van der Waals surface area contributed by atoms with E-state index in [-0.39, 0.29) is 17.9 Å². The first-order valence-electron chi connectivity index (χ1n) is 10.1. The number of hydrogen-bond donors (Lipinski definition) is 1. The van der Waals surface area contributed by atoms with Crippen LogP contribution in [0, 0.1) is 6.92 Å². The van der Waals surface area contributed by atoms with E-state index in [9.17, 15) is 9.59 Å². The van der Waals surface area contributed by atoms with Crippen LogP contribution in [0.3, 0.4) is 0 Å². The summed E-state index contributed by atoms with van der Waals surface area (Å²) in [6, 6.07) is -0.280. The van der Waals surface area contributed by atoms with Gasteiger partial charge >= 0.3 is 0 Å². The molecule has 0 bridgehead atoms. The van der Waals surface area contributed by atoms with E-state index >= 15 is 0 Å². The lowest BCUT2D eigenvalue weighted by Gasteiger charge is -2.50. The second-order valence-corrected chi connectivity index (χ2v) is 7.79. The van der Waals surface area contributed by atoms with Gasteiger partial charge < -0.3 is 19.4 Å². The fraction of sp³-hybridized carbons (Fsp3) is 0.600. The third-order valence-electron chi connectivity index (χ3n) is 6.40. The van der Waals surface area contributed by atoms with Crippen molar-refractivity contribution in [3.63, 3.8) is 0 Å². The number of imidazole rings is 2. The quantitative estimate of drug-likeness (QED) is 0.874. The maximum absolute atomic E-state index is 13.1. The van der Waals surface area contributed by atoms with Crippen LogP contribution in [0.2, 0.25) is 0 Å². The first kappa shape index (κ1) is 18.7. The zero-order chi connectivity index (χ0) is 19.9. The van der Waals surface area contributed by atoms with Crippen molar-refractivity contribution in [1.82, 2.24) is 29.3 Å². The summed E-state index contributed by atoms with van der Waals surface area (Å²) in [6.07, 6.45) is 8.04. The van der Waals surface area contributed by atoms with Gasteiger partial charge in [-0.3, -0.25) is 9.59 Å². The van der Waals surface area contributed by atoms with Gasteiger partial charge in [0.25, 0.3) is 0 Å². The third-order valence-corrected chi connectivity index (χ3v) is 6.40. The molecule has 0 radical (unpaired) electrons. The van der Waals surface area contributed by atoms with Crippen LogP contribution in [-0.4, -0.2) is 60.8 Å². The van der Waals surface area contributed by atoms with Gasteiger partial charge in [0.2, 0.25) is 11.8 Å². The average Bonchev–Trinajstić information content (AvgIpc) is 3.36. The second kappa shape index (κ2) is 7.07. The molecule has 2 aliphatic rings. The van der Waals surface area contributed by atoms with Crippen LogP contribution in [-0.2, 0) is 21.5 Å². The lowest BCUT2D eigenvalue weighted by Crippen LogP contribution is -2.59. The summed E-state index contributed by atoms with van der Waals surface area (Å²) in [5, 5.41) is 0. The highest BCUT2D eigenvalue weighted by molar-refractivity contribution is 5.80. The fourth-order valence-electron chi connectivity index (χ4n) is 4.82. The lowest BCUT2D eigenvalue weighted by molar-refractivity contribution is -0.145. The molecule has 4 rings (SSSR count). The number of likely N-dealkylation sites (tertiary alicyclic amines) is 1. The minimum atomic E-state index is -0.397. The molecular formula is C20H28N6O2. The van der Waals surface area contributed by atoms with Crippen molar-refractivity contribution in [2.24, 2.45) is 0 Å². The monoisotopic (exact) mass is 384 g/mol. The Hall–Kier alpha value is -2.64. The molecule has 1 saturated heterocycles. The van der Waals surface area contributed by atoms with E-state index in [0.29, 0.717) is 26.1 Å². The number of piperidine rings is 1. The van der Waals surface area contributed by atoms with Gasteiger partial charge in [-0.1, -0.05) is 6.92 Å². The molecule has 8 nitrogen and oxygen atoms in total. The molecule has 2 aliphatic heterocycles. The van der Waals surface area contributed by atoms with Crippen LogP contribution < -0.4 is 0 Å². The van der Waals surface area contributed by atoms with E-state index in [1.54, 1.807) is 12.5 Å². The Labute approximate surface area is 164 Å². The highest BCUT2D eigenvalue weighted by Gasteiger charge is 2.49. The molecule has 0 aromatic carbocycles. The maximum atomic E-state index is 13.1. The molecule has 2 amide bonds. The molecule has 0 aliphatic carbocycles. The zero-order valence-corrected chi connectivity index (χ0v) is 16.8. The predicted molar refractivity (Wildman–Crippen MR) is 103 cm³/mol. The summed E-state index contributed by atoms with van der Waals surface area (Å²) in [6.45, 7) is 7.68.